The van der Waals surface area contributed by atoms with Crippen molar-refractivity contribution in [3.05, 3.63) is 140 Å². The highest BCUT2D eigenvalue weighted by Crippen LogP contribution is 2.26. The second kappa shape index (κ2) is 52.5. The van der Waals surface area contributed by atoms with Gasteiger partial charge in [-0.2, -0.15) is 0 Å². The van der Waals surface area contributed by atoms with E-state index in [9.17, 15) is 86.3 Å². The van der Waals surface area contributed by atoms with Crippen LogP contribution in [0.5, 0.6) is 0 Å². The van der Waals surface area contributed by atoms with Crippen molar-refractivity contribution >= 4 is 108 Å². The van der Waals surface area contributed by atoms with Crippen LogP contribution in [-0.2, 0) is 206 Å². The highest BCUT2D eigenvalue weighted by atomic mass is 16.6. The molecule has 0 radical (unpaired) electrons. The minimum atomic E-state index is -1.63. The Kier molecular flexibility index (Phi) is 44.3. The standard InChI is InChI=1S/C96H135N9O33/c1-91(2,3)133-85(118)100-67(79(112)127-22)43-55-31-56(44-68(80(113)128-23)101-86(119)134-92(4,5)6)35-61(34-55)49-73(106)97-64(76(109)124-19)40-52-28-53(41-65(77(110)125-20)98-74(107)50-62-36-57(45-69(81(114)129-24)102-87(120)135-93(7,8)9)32-58(37-62)46-70(82(115)130-25)103-88(121)136-94(10,11)12)30-54(29-52)42-66(78(111)126-21)99-75(108)51-63-38-59(47-71(83(116)131-26)104-89(122)137-95(13,14)15)33-60(39-63)48-72(84(117)132-27)105-90(123)138-96(16,17)18/h28-39,64-72H,40-51H2,1-27H3,(H,97,106)(H,98,107)(H,99,108)(H,100,118)(H,101,119)(H,102,120)(H,103,121)(H,104,122)(H,105,123)/t64-,65-,66-,67-,68-,69-,70-,71-,72-/m0/s1. The minimum absolute atomic E-state index is 0.148. The Hall–Kier alpha value is -13.9. The summed E-state index contributed by atoms with van der Waals surface area (Å²) in [7, 11) is 9.60. The van der Waals surface area contributed by atoms with Crippen molar-refractivity contribution in [3.8, 4) is 0 Å². The smallest absolute Gasteiger partial charge is 0.408 e. The second-order valence-electron chi connectivity index (χ2n) is 38.3. The molecular weight excluding hydrogens is 1810 g/mol. The van der Waals surface area contributed by atoms with Crippen LogP contribution in [0.3, 0.4) is 0 Å². The number of hydrogen-bond acceptors (Lipinski definition) is 33. The van der Waals surface area contributed by atoms with Gasteiger partial charge < -0.3 is 119 Å². The van der Waals surface area contributed by atoms with Gasteiger partial charge in [-0.25, -0.2) is 71.9 Å². The van der Waals surface area contributed by atoms with Crippen LogP contribution >= 0.6 is 0 Å². The Balaban J connectivity index is 2.04. The van der Waals surface area contributed by atoms with Crippen molar-refractivity contribution in [2.75, 3.05) is 64.0 Å². The first kappa shape index (κ1) is 116. The largest absolute Gasteiger partial charge is 0.467 e. The maximum atomic E-state index is 14.9. The summed E-state index contributed by atoms with van der Waals surface area (Å²) in [6, 6.07) is 4.50. The summed E-state index contributed by atoms with van der Waals surface area (Å²) in [4.78, 5) is 248. The third-order valence-corrected chi connectivity index (χ3v) is 19.0. The van der Waals surface area contributed by atoms with Crippen LogP contribution in [0.4, 0.5) is 28.8 Å². The van der Waals surface area contributed by atoms with E-state index in [1.165, 1.54) is 72.8 Å². The van der Waals surface area contributed by atoms with Gasteiger partial charge in [-0.1, -0.05) is 72.8 Å². The molecule has 9 N–H and O–H groups in total. The first-order valence-electron chi connectivity index (χ1n) is 44.0. The summed E-state index contributed by atoms with van der Waals surface area (Å²) >= 11 is 0. The van der Waals surface area contributed by atoms with Crippen LogP contribution in [0.1, 0.15) is 191 Å². The molecule has 42 nitrogen and oxygen atoms in total. The lowest BCUT2D eigenvalue weighted by Gasteiger charge is -2.24. The van der Waals surface area contributed by atoms with Gasteiger partial charge in [0.05, 0.1) is 83.3 Å². The lowest BCUT2D eigenvalue weighted by Crippen LogP contribution is -2.45. The molecule has 42 heteroatoms. The number of esters is 9. The maximum absolute atomic E-state index is 14.9. The van der Waals surface area contributed by atoms with Gasteiger partial charge in [0.25, 0.3) is 0 Å². The average molecular weight is 1940 g/mol. The third kappa shape index (κ3) is 43.9. The molecule has 0 saturated heterocycles. The highest BCUT2D eigenvalue weighted by molar-refractivity contribution is 5.90. The lowest BCUT2D eigenvalue weighted by atomic mass is 9.93. The number of nitrogens with one attached hydrogen (secondary N) is 9. The van der Waals surface area contributed by atoms with Gasteiger partial charge in [-0.05, 0) is 191 Å². The Morgan fingerprint density at radius 1 is 0.181 bits per heavy atom. The molecule has 0 aromatic heterocycles. The van der Waals surface area contributed by atoms with E-state index in [4.69, 9.17) is 71.1 Å². The molecule has 9 amide bonds. The second-order valence-corrected chi connectivity index (χ2v) is 38.3. The number of rotatable bonds is 42. The van der Waals surface area contributed by atoms with Crippen molar-refractivity contribution in [2.24, 2.45) is 0 Å². The topological polar surface area (TPSA) is 554 Å². The van der Waals surface area contributed by atoms with E-state index in [1.807, 2.05) is 0 Å². The fourth-order valence-corrected chi connectivity index (χ4v) is 13.9. The maximum Gasteiger partial charge on any atom is 0.408 e. The summed E-state index contributed by atoms with van der Waals surface area (Å²) in [5, 5.41) is 23.1. The fraction of sp³-hybridized carbons (Fsp3) is 0.562. The molecule has 0 fully saturated rings. The molecule has 0 aliphatic carbocycles. The van der Waals surface area contributed by atoms with Gasteiger partial charge in [0.2, 0.25) is 17.7 Å². The van der Waals surface area contributed by atoms with Crippen LogP contribution in [0.2, 0.25) is 0 Å². The molecule has 4 aromatic rings. The summed E-state index contributed by atoms with van der Waals surface area (Å²) in [6.45, 7) is 28.7. The fourth-order valence-electron chi connectivity index (χ4n) is 13.9. The molecule has 0 spiro atoms. The molecule has 4 aromatic carbocycles. The van der Waals surface area contributed by atoms with Crippen LogP contribution in [-0.4, -0.2) is 260 Å². The van der Waals surface area contributed by atoms with Gasteiger partial charge in [0.1, 0.15) is 88.0 Å². The number of carbonyl (C=O) groups is 18. The third-order valence-electron chi connectivity index (χ3n) is 19.0. The van der Waals surface area contributed by atoms with E-state index in [1.54, 1.807) is 125 Å². The number of hydrogen-bond donors (Lipinski definition) is 9. The van der Waals surface area contributed by atoms with Crippen molar-refractivity contribution in [1.82, 2.24) is 47.9 Å². The lowest BCUT2D eigenvalue weighted by molar-refractivity contribution is -0.145. The molecule has 0 aliphatic rings. The van der Waals surface area contributed by atoms with Gasteiger partial charge in [0, 0.05) is 57.8 Å². The van der Waals surface area contributed by atoms with Crippen molar-refractivity contribution < 1.29 is 157 Å². The number of alkyl carbamates (subject to hydrolysis) is 6. The predicted octanol–water partition coefficient (Wildman–Crippen LogP) is 6.67. The van der Waals surface area contributed by atoms with Crippen molar-refractivity contribution in [2.45, 2.75) is 290 Å². The average Bonchev–Trinajstić information content (AvgIpc) is 0.833. The van der Waals surface area contributed by atoms with E-state index in [-0.39, 0.29) is 105 Å². The SMILES string of the molecule is COC(=O)[C@H](Cc1cc(C[C@H](NC(=O)Cc2cc(C[C@H](NC(=O)OC(C)(C)C)C(=O)OC)cc(C[C@H](NC(=O)OC(C)(C)C)C(=O)OC)c2)C(=O)OC)cc(C[C@H](NC(=O)Cc2cc(C[C@H](NC(=O)OC(C)(C)C)C(=O)OC)cc(C[C@H](NC(=O)OC(C)(C)C)C(=O)OC)c2)C(=O)OC)c1)NC(=O)Cc1cc(C[C@H](NC(=O)OC(C)(C)C)C(=O)OC)cc(C[C@H](NC(=O)OC(C)(C)C)C(=O)OC)c1. The Morgan fingerprint density at radius 2 is 0.283 bits per heavy atom. The monoisotopic (exact) mass is 1940 g/mol. The van der Waals surface area contributed by atoms with Crippen LogP contribution in [0.15, 0.2) is 72.8 Å². The highest BCUT2D eigenvalue weighted by Gasteiger charge is 2.37. The van der Waals surface area contributed by atoms with E-state index >= 15 is 0 Å². The molecule has 0 saturated carbocycles. The molecule has 0 unspecified atom stereocenters. The van der Waals surface area contributed by atoms with Gasteiger partial charge in [-0.15, -0.1) is 0 Å². The normalized spacial score (nSPS) is 13.5. The van der Waals surface area contributed by atoms with Gasteiger partial charge in [-0.3, -0.25) is 14.4 Å². The molecule has 138 heavy (non-hydrogen) atoms. The summed E-state index contributed by atoms with van der Waals surface area (Å²) in [5.74, 6) is -11.2. The summed E-state index contributed by atoms with van der Waals surface area (Å²) in [6.07, 6.45) is -11.1. The van der Waals surface area contributed by atoms with E-state index in [0.717, 1.165) is 64.0 Å². The number of amides is 9. The van der Waals surface area contributed by atoms with E-state index in [2.05, 4.69) is 47.9 Å². The number of carbonyl (C=O) groups excluding carboxylic acids is 18. The summed E-state index contributed by atoms with van der Waals surface area (Å²) in [5.41, 5.74) is -3.62. The number of ether oxygens (including phenoxy) is 15. The molecule has 0 heterocycles. The van der Waals surface area contributed by atoms with Gasteiger partial charge in [0.15, 0.2) is 0 Å². The molecule has 762 valence electrons. The molecule has 0 aliphatic heterocycles. The Bertz CT molecular complexity index is 4300. The quantitative estimate of drug-likeness (QED) is 0.0165. The Labute approximate surface area is 802 Å². The molecule has 4 rings (SSSR count). The zero-order valence-corrected chi connectivity index (χ0v) is 83.6. The van der Waals surface area contributed by atoms with Crippen molar-refractivity contribution in [3.63, 3.8) is 0 Å². The first-order valence-corrected chi connectivity index (χ1v) is 44.0. The van der Waals surface area contributed by atoms with Crippen LogP contribution < -0.4 is 47.9 Å². The Morgan fingerprint density at radius 3 is 0.384 bits per heavy atom. The number of benzene rings is 4. The van der Waals surface area contributed by atoms with Crippen LogP contribution in [0.25, 0.3) is 0 Å². The zero-order chi connectivity index (χ0) is 104. The van der Waals surface area contributed by atoms with E-state index < -0.39 is 235 Å². The predicted molar refractivity (Wildman–Crippen MR) is 493 cm³/mol. The summed E-state index contributed by atoms with van der Waals surface area (Å²) < 4.78 is 78.9. The molecule has 9 atom stereocenters. The molecule has 0 bridgehead atoms. The van der Waals surface area contributed by atoms with Gasteiger partial charge >= 0.3 is 90.3 Å². The van der Waals surface area contributed by atoms with E-state index in [0.29, 0.717) is 0 Å². The van der Waals surface area contributed by atoms with Crippen LogP contribution in [0, 0.1) is 0 Å². The zero-order valence-electron chi connectivity index (χ0n) is 83.6. The first-order chi connectivity index (χ1) is 63.9. The minimum Gasteiger partial charge on any atom is -0.467 e. The number of methoxy groups -OCH3 is 9. The van der Waals surface area contributed by atoms with Crippen molar-refractivity contribution in [1.29, 1.82) is 0 Å². The molecular formula is C96H135N9O33.